The van der Waals surface area contributed by atoms with Crippen molar-refractivity contribution in [1.29, 1.82) is 0 Å². The molecule has 2 heterocycles. The molecule has 18 heavy (non-hydrogen) atoms. The molecule has 0 amide bonds. The second-order valence-electron chi connectivity index (χ2n) is 4.70. The summed E-state index contributed by atoms with van der Waals surface area (Å²) in [5, 5.41) is 3.82. The van der Waals surface area contributed by atoms with Gasteiger partial charge in [0.05, 0.1) is 13.3 Å². The van der Waals surface area contributed by atoms with Crippen molar-refractivity contribution in [3.05, 3.63) is 11.2 Å². The van der Waals surface area contributed by atoms with Crippen molar-refractivity contribution in [2.45, 2.75) is 12.8 Å². The predicted molar refractivity (Wildman–Crippen MR) is 72.3 cm³/mol. The normalized spacial score (nSPS) is 20.7. The van der Waals surface area contributed by atoms with Crippen LogP contribution in [-0.2, 0) is 0 Å². The van der Waals surface area contributed by atoms with Crippen LogP contribution in [0.15, 0.2) is 6.20 Å². The zero-order valence-corrected chi connectivity index (χ0v) is 11.6. The van der Waals surface area contributed by atoms with Crippen molar-refractivity contribution in [3.63, 3.8) is 0 Å². The van der Waals surface area contributed by atoms with E-state index in [1.54, 1.807) is 13.3 Å². The summed E-state index contributed by atoms with van der Waals surface area (Å²) >= 11 is 6.05. The van der Waals surface area contributed by atoms with E-state index >= 15 is 0 Å². The summed E-state index contributed by atoms with van der Waals surface area (Å²) in [6, 6.07) is 0.336. The molecule has 1 atom stereocenters. The quantitative estimate of drug-likeness (QED) is 0.906. The third kappa shape index (κ3) is 3.46. The van der Waals surface area contributed by atoms with Crippen molar-refractivity contribution < 1.29 is 4.74 Å². The number of hydrogen-bond acceptors (Lipinski definition) is 5. The lowest BCUT2D eigenvalue weighted by molar-refractivity contribution is 0.217. The molecule has 1 aromatic rings. The van der Waals surface area contributed by atoms with Crippen LogP contribution in [0.25, 0.3) is 0 Å². The Morgan fingerprint density at radius 2 is 2.44 bits per heavy atom. The number of nitrogens with zero attached hydrogens (tertiary/aromatic N) is 3. The summed E-state index contributed by atoms with van der Waals surface area (Å²) in [5.41, 5.74) is 0. The molecule has 1 aliphatic heterocycles. The van der Waals surface area contributed by atoms with Gasteiger partial charge in [-0.25, -0.2) is 4.98 Å². The maximum atomic E-state index is 6.05. The molecular formula is C12H19ClN4O. The highest BCUT2D eigenvalue weighted by Crippen LogP contribution is 2.22. The average Bonchev–Trinajstić information content (AvgIpc) is 2.38. The first-order valence-corrected chi connectivity index (χ1v) is 6.55. The maximum absolute atomic E-state index is 6.05. The van der Waals surface area contributed by atoms with Crippen LogP contribution in [0, 0.1) is 5.92 Å². The third-order valence-corrected chi connectivity index (χ3v) is 3.46. The molecule has 0 aromatic carbocycles. The lowest BCUT2D eigenvalue weighted by atomic mass is 9.98. The summed E-state index contributed by atoms with van der Waals surface area (Å²) in [5.74, 6) is 1.29. The Morgan fingerprint density at radius 1 is 1.61 bits per heavy atom. The Bertz CT molecular complexity index is 402. The van der Waals surface area contributed by atoms with Gasteiger partial charge in [-0.1, -0.05) is 11.6 Å². The van der Waals surface area contributed by atoms with E-state index in [1.807, 2.05) is 0 Å². The van der Waals surface area contributed by atoms with Gasteiger partial charge in [0.25, 0.3) is 0 Å². The number of nitrogens with one attached hydrogen (secondary N) is 1. The number of rotatable bonds is 4. The third-order valence-electron chi connectivity index (χ3n) is 3.18. The fraction of sp³-hybridized carbons (Fsp3) is 0.667. The van der Waals surface area contributed by atoms with Crippen molar-refractivity contribution >= 4 is 17.4 Å². The first-order valence-electron chi connectivity index (χ1n) is 6.18. The molecule has 0 saturated carbocycles. The number of hydrogen-bond donors (Lipinski definition) is 1. The molecule has 0 bridgehead atoms. The topological polar surface area (TPSA) is 50.3 Å². The molecule has 5 nitrogen and oxygen atoms in total. The highest BCUT2D eigenvalue weighted by molar-refractivity contribution is 6.32. The smallest absolute Gasteiger partial charge is 0.318 e. The van der Waals surface area contributed by atoms with E-state index in [-0.39, 0.29) is 0 Å². The molecule has 0 spiro atoms. The van der Waals surface area contributed by atoms with Gasteiger partial charge < -0.3 is 15.0 Å². The maximum Gasteiger partial charge on any atom is 0.318 e. The molecule has 1 N–H and O–H groups in total. The number of halogens is 1. The van der Waals surface area contributed by atoms with Crippen LogP contribution in [0.4, 0.5) is 5.82 Å². The van der Waals surface area contributed by atoms with Crippen LogP contribution >= 0.6 is 11.6 Å². The van der Waals surface area contributed by atoms with Crippen molar-refractivity contribution in [2.24, 2.45) is 5.92 Å². The minimum atomic E-state index is 0.336. The number of ether oxygens (including phenoxy) is 1. The summed E-state index contributed by atoms with van der Waals surface area (Å²) in [6.07, 6.45) is 4.06. The van der Waals surface area contributed by atoms with Gasteiger partial charge in [0.2, 0.25) is 0 Å². The molecule has 1 unspecified atom stereocenters. The van der Waals surface area contributed by atoms with Crippen LogP contribution in [0.5, 0.6) is 6.01 Å². The number of methoxy groups -OCH3 is 1. The van der Waals surface area contributed by atoms with Crippen LogP contribution in [0.3, 0.4) is 0 Å². The van der Waals surface area contributed by atoms with Gasteiger partial charge in [0.15, 0.2) is 5.82 Å². The van der Waals surface area contributed by atoms with E-state index in [0.717, 1.165) is 13.1 Å². The highest BCUT2D eigenvalue weighted by Gasteiger charge is 2.17. The molecule has 6 heteroatoms. The Hall–Kier alpha value is -1.07. The predicted octanol–water partition coefficient (Wildman–Crippen LogP) is 1.89. The van der Waals surface area contributed by atoms with Gasteiger partial charge in [-0.15, -0.1) is 0 Å². The van der Waals surface area contributed by atoms with Gasteiger partial charge in [-0.05, 0) is 32.4 Å². The number of aromatic nitrogens is 2. The zero-order valence-electron chi connectivity index (χ0n) is 10.8. The van der Waals surface area contributed by atoms with Crippen molar-refractivity contribution in [2.75, 3.05) is 39.1 Å². The summed E-state index contributed by atoms with van der Waals surface area (Å²) < 4.78 is 4.99. The first-order chi connectivity index (χ1) is 8.69. The van der Waals surface area contributed by atoms with Gasteiger partial charge in [0.1, 0.15) is 5.02 Å². The lowest BCUT2D eigenvalue weighted by Gasteiger charge is -2.29. The van der Waals surface area contributed by atoms with E-state index in [4.69, 9.17) is 16.3 Å². The summed E-state index contributed by atoms with van der Waals surface area (Å²) in [7, 11) is 3.70. The van der Waals surface area contributed by atoms with Crippen LogP contribution in [0.1, 0.15) is 12.8 Å². The fourth-order valence-corrected chi connectivity index (χ4v) is 2.41. The van der Waals surface area contributed by atoms with Crippen molar-refractivity contribution in [1.82, 2.24) is 14.9 Å². The van der Waals surface area contributed by atoms with Gasteiger partial charge >= 0.3 is 6.01 Å². The van der Waals surface area contributed by atoms with E-state index < -0.39 is 0 Å². The SMILES string of the molecule is COc1ncc(Cl)c(NCC2CCCN(C)C2)n1. The Kier molecular flexibility index (Phi) is 4.60. The van der Waals surface area contributed by atoms with Crippen molar-refractivity contribution in [3.8, 4) is 6.01 Å². The fourth-order valence-electron chi connectivity index (χ4n) is 2.25. The van der Waals surface area contributed by atoms with Crippen LogP contribution in [0.2, 0.25) is 5.02 Å². The van der Waals surface area contributed by atoms with E-state index in [9.17, 15) is 0 Å². The molecular weight excluding hydrogens is 252 g/mol. The second-order valence-corrected chi connectivity index (χ2v) is 5.11. The largest absolute Gasteiger partial charge is 0.467 e. The molecule has 1 aliphatic rings. The standard InChI is InChI=1S/C12H19ClN4O/c1-17-5-3-4-9(8-17)6-14-11-10(13)7-15-12(16-11)18-2/h7,9H,3-6,8H2,1-2H3,(H,14,15,16). The van der Waals surface area contributed by atoms with Gasteiger partial charge in [-0.2, -0.15) is 4.98 Å². The summed E-state index contributed by atoms with van der Waals surface area (Å²) in [6.45, 7) is 3.19. The average molecular weight is 271 g/mol. The molecule has 0 radical (unpaired) electrons. The number of anilines is 1. The minimum absolute atomic E-state index is 0.336. The van der Waals surface area contributed by atoms with Gasteiger partial charge in [0, 0.05) is 13.1 Å². The van der Waals surface area contributed by atoms with E-state index in [2.05, 4.69) is 27.2 Å². The Labute approximate surface area is 113 Å². The van der Waals surface area contributed by atoms with E-state index in [1.165, 1.54) is 19.4 Å². The van der Waals surface area contributed by atoms with Crippen LogP contribution in [-0.4, -0.2) is 48.7 Å². The highest BCUT2D eigenvalue weighted by atomic mass is 35.5. The molecule has 0 aliphatic carbocycles. The summed E-state index contributed by atoms with van der Waals surface area (Å²) in [4.78, 5) is 10.5. The number of likely N-dealkylation sites (tertiary alicyclic amines) is 1. The Morgan fingerprint density at radius 3 is 3.17 bits per heavy atom. The minimum Gasteiger partial charge on any atom is -0.467 e. The molecule has 1 saturated heterocycles. The Balaban J connectivity index is 1.92. The molecule has 2 rings (SSSR count). The number of piperidine rings is 1. The second kappa shape index (κ2) is 6.20. The molecule has 100 valence electrons. The van der Waals surface area contributed by atoms with Gasteiger partial charge in [-0.3, -0.25) is 0 Å². The lowest BCUT2D eigenvalue weighted by Crippen LogP contribution is -2.35. The van der Waals surface area contributed by atoms with Crippen LogP contribution < -0.4 is 10.1 Å². The molecule has 1 fully saturated rings. The van der Waals surface area contributed by atoms with E-state index in [0.29, 0.717) is 22.8 Å². The molecule has 1 aromatic heterocycles. The first kappa shape index (κ1) is 13.4. The zero-order chi connectivity index (χ0) is 13.0. The monoisotopic (exact) mass is 270 g/mol.